The van der Waals surface area contributed by atoms with E-state index in [1.807, 2.05) is 0 Å². The van der Waals surface area contributed by atoms with Crippen molar-refractivity contribution in [3.63, 3.8) is 0 Å². The molecule has 0 radical (unpaired) electrons. The normalized spacial score (nSPS) is 14.2. The molecule has 0 bridgehead atoms. The molecule has 0 saturated carbocycles. The maximum absolute atomic E-state index is 4.61. The van der Waals surface area contributed by atoms with Crippen LogP contribution < -0.4 is 0 Å². The lowest BCUT2D eigenvalue weighted by Gasteiger charge is -2.08. The molecular weight excluding hydrogens is 246 g/mol. The van der Waals surface area contributed by atoms with E-state index >= 15 is 0 Å². The summed E-state index contributed by atoms with van der Waals surface area (Å²) in [6.07, 6.45) is 10.2. The molecule has 1 aromatic carbocycles. The fourth-order valence-corrected chi connectivity index (χ4v) is 2.46. The highest BCUT2D eigenvalue weighted by molar-refractivity contribution is 5.71. The highest BCUT2D eigenvalue weighted by atomic mass is 15.0. The van der Waals surface area contributed by atoms with Crippen LogP contribution in [0.2, 0.25) is 0 Å². The molecule has 1 heterocycles. The van der Waals surface area contributed by atoms with Crippen molar-refractivity contribution >= 4 is 5.57 Å². The molecule has 1 aromatic heterocycles. The van der Waals surface area contributed by atoms with Gasteiger partial charge in [-0.15, -0.1) is 0 Å². The Kier molecular flexibility index (Phi) is 3.42. The Morgan fingerprint density at radius 2 is 1.65 bits per heavy atom. The minimum Gasteiger partial charge on any atom is -0.217 e. The summed E-state index contributed by atoms with van der Waals surface area (Å²) >= 11 is 0. The first-order chi connectivity index (χ1) is 9.72. The van der Waals surface area contributed by atoms with Crippen LogP contribution in [0.3, 0.4) is 0 Å². The molecule has 1 aliphatic rings. The molecule has 3 rings (SSSR count). The number of rotatable bonds is 2. The molecule has 0 fully saturated rings. The lowest BCUT2D eigenvalue weighted by atomic mass is 10.1. The van der Waals surface area contributed by atoms with Crippen molar-refractivity contribution in [3.8, 4) is 11.4 Å². The van der Waals surface area contributed by atoms with Gasteiger partial charge in [-0.2, -0.15) is 0 Å². The molecule has 0 spiro atoms. The number of aryl methyl sites for hydroxylation is 2. The van der Waals surface area contributed by atoms with E-state index in [1.165, 1.54) is 11.1 Å². The van der Waals surface area contributed by atoms with Gasteiger partial charge in [-0.3, -0.25) is 0 Å². The SMILES string of the molecule is Cc1cc(C)cc(-c2ncnc(C3=CCCC=C3)n2)c1. The first kappa shape index (κ1) is 12.7. The largest absolute Gasteiger partial charge is 0.217 e. The van der Waals surface area contributed by atoms with Gasteiger partial charge in [0.05, 0.1) is 0 Å². The van der Waals surface area contributed by atoms with Gasteiger partial charge in [0.15, 0.2) is 11.6 Å². The average Bonchev–Trinajstić information content (AvgIpc) is 2.47. The van der Waals surface area contributed by atoms with Gasteiger partial charge in [-0.25, -0.2) is 15.0 Å². The van der Waals surface area contributed by atoms with Crippen molar-refractivity contribution in [2.45, 2.75) is 26.7 Å². The number of hydrogen-bond donors (Lipinski definition) is 0. The van der Waals surface area contributed by atoms with Crippen LogP contribution in [0, 0.1) is 13.8 Å². The van der Waals surface area contributed by atoms with E-state index < -0.39 is 0 Å². The summed E-state index contributed by atoms with van der Waals surface area (Å²) in [5.41, 5.74) is 4.58. The van der Waals surface area contributed by atoms with Crippen molar-refractivity contribution < 1.29 is 0 Å². The van der Waals surface area contributed by atoms with Gasteiger partial charge in [-0.05, 0) is 38.8 Å². The Hall–Kier alpha value is -2.29. The summed E-state index contributed by atoms with van der Waals surface area (Å²) < 4.78 is 0. The molecule has 0 atom stereocenters. The lowest BCUT2D eigenvalue weighted by molar-refractivity contribution is 1.000. The maximum Gasteiger partial charge on any atom is 0.163 e. The molecule has 0 N–H and O–H groups in total. The smallest absolute Gasteiger partial charge is 0.163 e. The molecule has 0 aliphatic heterocycles. The molecule has 0 saturated heterocycles. The molecule has 0 amide bonds. The van der Waals surface area contributed by atoms with Crippen molar-refractivity contribution in [2.75, 3.05) is 0 Å². The zero-order valence-electron chi connectivity index (χ0n) is 11.8. The second-order valence-electron chi connectivity index (χ2n) is 5.15. The summed E-state index contributed by atoms with van der Waals surface area (Å²) in [6.45, 7) is 4.18. The van der Waals surface area contributed by atoms with Crippen LogP contribution in [0.25, 0.3) is 17.0 Å². The van der Waals surface area contributed by atoms with Crippen molar-refractivity contribution in [1.29, 1.82) is 0 Å². The monoisotopic (exact) mass is 263 g/mol. The van der Waals surface area contributed by atoms with Crippen LogP contribution in [0.5, 0.6) is 0 Å². The summed E-state index contributed by atoms with van der Waals surface area (Å²) in [5, 5.41) is 0. The number of benzene rings is 1. The first-order valence-corrected chi connectivity index (χ1v) is 6.87. The van der Waals surface area contributed by atoms with Gasteiger partial charge in [0.1, 0.15) is 6.33 Å². The van der Waals surface area contributed by atoms with Crippen LogP contribution in [-0.4, -0.2) is 15.0 Å². The highest BCUT2D eigenvalue weighted by Crippen LogP contribution is 2.22. The molecule has 100 valence electrons. The summed E-state index contributed by atoms with van der Waals surface area (Å²) in [7, 11) is 0. The zero-order valence-corrected chi connectivity index (χ0v) is 11.8. The Bertz CT molecular complexity index is 679. The van der Waals surface area contributed by atoms with Gasteiger partial charge in [-0.1, -0.05) is 35.4 Å². The molecule has 0 unspecified atom stereocenters. The van der Waals surface area contributed by atoms with E-state index in [0.717, 1.165) is 35.6 Å². The standard InChI is InChI=1S/C17H17N3/c1-12-8-13(2)10-15(9-12)17-19-11-18-16(20-17)14-6-4-3-5-7-14/h4,6-11H,3,5H2,1-2H3. The van der Waals surface area contributed by atoms with Crippen LogP contribution >= 0.6 is 0 Å². The number of hydrogen-bond acceptors (Lipinski definition) is 3. The maximum atomic E-state index is 4.61. The minimum atomic E-state index is 0.738. The topological polar surface area (TPSA) is 38.7 Å². The lowest BCUT2D eigenvalue weighted by Crippen LogP contribution is -1.99. The van der Waals surface area contributed by atoms with Crippen LogP contribution in [-0.2, 0) is 0 Å². The number of allylic oxidation sites excluding steroid dienone is 4. The van der Waals surface area contributed by atoms with Crippen LogP contribution in [0.1, 0.15) is 29.8 Å². The van der Waals surface area contributed by atoms with E-state index in [1.54, 1.807) is 6.33 Å². The van der Waals surface area contributed by atoms with Gasteiger partial charge >= 0.3 is 0 Å². The van der Waals surface area contributed by atoms with Gasteiger partial charge in [0, 0.05) is 11.1 Å². The molecule has 3 heteroatoms. The highest BCUT2D eigenvalue weighted by Gasteiger charge is 2.08. The molecule has 20 heavy (non-hydrogen) atoms. The zero-order chi connectivity index (χ0) is 13.9. The van der Waals surface area contributed by atoms with E-state index in [9.17, 15) is 0 Å². The van der Waals surface area contributed by atoms with Crippen molar-refractivity contribution in [2.24, 2.45) is 0 Å². The molecule has 3 nitrogen and oxygen atoms in total. The quantitative estimate of drug-likeness (QED) is 0.825. The van der Waals surface area contributed by atoms with Gasteiger partial charge < -0.3 is 0 Å². The van der Waals surface area contributed by atoms with E-state index in [0.29, 0.717) is 0 Å². The average molecular weight is 263 g/mol. The van der Waals surface area contributed by atoms with Crippen LogP contribution in [0.4, 0.5) is 0 Å². The fraction of sp³-hybridized carbons (Fsp3) is 0.235. The molecule has 2 aromatic rings. The third-order valence-electron chi connectivity index (χ3n) is 3.30. The molecule has 1 aliphatic carbocycles. The Morgan fingerprint density at radius 1 is 0.900 bits per heavy atom. The van der Waals surface area contributed by atoms with Crippen LogP contribution in [0.15, 0.2) is 42.8 Å². The Labute approximate surface area is 119 Å². The summed E-state index contributed by atoms with van der Waals surface area (Å²) in [6, 6.07) is 6.37. The third kappa shape index (κ3) is 2.67. The predicted molar refractivity (Wildman–Crippen MR) is 81.1 cm³/mol. The predicted octanol–water partition coefficient (Wildman–Crippen LogP) is 3.89. The molecular formula is C17H17N3. The second kappa shape index (κ2) is 5.37. The second-order valence-corrected chi connectivity index (χ2v) is 5.15. The van der Waals surface area contributed by atoms with Crippen molar-refractivity contribution in [1.82, 2.24) is 15.0 Å². The van der Waals surface area contributed by atoms with Gasteiger partial charge in [0.25, 0.3) is 0 Å². The third-order valence-corrected chi connectivity index (χ3v) is 3.30. The van der Waals surface area contributed by atoms with E-state index in [-0.39, 0.29) is 0 Å². The Morgan fingerprint density at radius 3 is 2.35 bits per heavy atom. The summed E-state index contributed by atoms with van der Waals surface area (Å²) in [5.74, 6) is 1.49. The van der Waals surface area contributed by atoms with E-state index in [2.05, 4.69) is 65.2 Å². The number of nitrogens with zero attached hydrogens (tertiary/aromatic N) is 3. The van der Waals surface area contributed by atoms with Gasteiger partial charge in [0.2, 0.25) is 0 Å². The number of aromatic nitrogens is 3. The fourth-order valence-electron chi connectivity index (χ4n) is 2.46. The summed E-state index contributed by atoms with van der Waals surface area (Å²) in [4.78, 5) is 13.2. The minimum absolute atomic E-state index is 0.738. The Balaban J connectivity index is 2.02. The van der Waals surface area contributed by atoms with Crippen molar-refractivity contribution in [3.05, 3.63) is 59.7 Å². The first-order valence-electron chi connectivity index (χ1n) is 6.87. The van der Waals surface area contributed by atoms with E-state index in [4.69, 9.17) is 0 Å².